The van der Waals surface area contributed by atoms with Crippen molar-refractivity contribution in [2.75, 3.05) is 11.5 Å². The zero-order valence-electron chi connectivity index (χ0n) is 20.4. The summed E-state index contributed by atoms with van der Waals surface area (Å²) >= 11 is 6.89. The molecule has 1 fully saturated rings. The molecule has 1 N–H and O–H groups in total. The largest absolute Gasteiger partial charge is 0.490 e. The molecule has 1 aliphatic rings. The normalized spacial score (nSPS) is 14.3. The number of hydrogen-bond acceptors (Lipinski definition) is 6. The molecule has 4 amide bonds. The molecule has 4 rings (SSSR count). The number of amides is 4. The molecule has 0 bridgehead atoms. The lowest BCUT2D eigenvalue weighted by atomic mass is 10.1. The summed E-state index contributed by atoms with van der Waals surface area (Å²) in [6.45, 7) is 4.11. The van der Waals surface area contributed by atoms with E-state index in [1.54, 1.807) is 48.5 Å². The van der Waals surface area contributed by atoms with E-state index in [1.807, 2.05) is 19.9 Å². The standard InChI is InChI=1S/C28H21Br2N3O5/c1-3-37-24-13-17(12-23(30)25(24)38-15-19-7-5-4-6-18(19)14-31)11-21-26(34)32-28(36)33(27(21)35)20-8-9-22(29)16(2)10-20/h4-13H,3,15H2,1-2H3,(H,32,34,36)/b21-11+. The van der Waals surface area contributed by atoms with Gasteiger partial charge in [0.05, 0.1) is 28.4 Å². The van der Waals surface area contributed by atoms with Crippen molar-refractivity contribution in [2.45, 2.75) is 20.5 Å². The summed E-state index contributed by atoms with van der Waals surface area (Å²) in [4.78, 5) is 39.4. The van der Waals surface area contributed by atoms with E-state index in [0.29, 0.717) is 45.0 Å². The minimum atomic E-state index is -0.823. The van der Waals surface area contributed by atoms with E-state index < -0.39 is 17.8 Å². The molecule has 0 radical (unpaired) electrons. The Balaban J connectivity index is 1.68. The van der Waals surface area contributed by atoms with Crippen LogP contribution < -0.4 is 19.7 Å². The second-order valence-corrected chi connectivity index (χ2v) is 9.92. The topological polar surface area (TPSA) is 109 Å². The van der Waals surface area contributed by atoms with Gasteiger partial charge in [0.15, 0.2) is 11.5 Å². The first-order valence-corrected chi connectivity index (χ1v) is 13.1. The van der Waals surface area contributed by atoms with Gasteiger partial charge >= 0.3 is 6.03 Å². The number of aryl methyl sites for hydroxylation is 1. The maximum atomic E-state index is 13.3. The van der Waals surface area contributed by atoms with Crippen molar-refractivity contribution in [1.82, 2.24) is 5.32 Å². The Labute approximate surface area is 236 Å². The Morgan fingerprint density at radius 3 is 2.50 bits per heavy atom. The smallest absolute Gasteiger partial charge is 0.335 e. The fraction of sp³-hybridized carbons (Fsp3) is 0.143. The summed E-state index contributed by atoms with van der Waals surface area (Å²) in [5, 5.41) is 11.6. The van der Waals surface area contributed by atoms with E-state index in [9.17, 15) is 19.6 Å². The van der Waals surface area contributed by atoms with Gasteiger partial charge in [-0.2, -0.15) is 5.26 Å². The molecule has 3 aromatic rings. The number of barbiturate groups is 1. The third kappa shape index (κ3) is 5.64. The van der Waals surface area contributed by atoms with Crippen molar-refractivity contribution < 1.29 is 23.9 Å². The van der Waals surface area contributed by atoms with Crippen molar-refractivity contribution in [2.24, 2.45) is 0 Å². The van der Waals surface area contributed by atoms with E-state index >= 15 is 0 Å². The quantitative estimate of drug-likeness (QED) is 0.250. The fourth-order valence-corrected chi connectivity index (χ4v) is 4.63. The van der Waals surface area contributed by atoms with Crippen LogP contribution in [0.3, 0.4) is 0 Å². The molecule has 1 heterocycles. The number of hydrogen-bond donors (Lipinski definition) is 1. The van der Waals surface area contributed by atoms with Crippen LogP contribution in [0.15, 0.2) is 69.1 Å². The van der Waals surface area contributed by atoms with Gasteiger partial charge in [-0.3, -0.25) is 14.9 Å². The SMILES string of the molecule is CCOc1cc(/C=C2\C(=O)NC(=O)N(c3ccc(Br)c(C)c3)C2=O)cc(Br)c1OCc1ccccc1C#N. The van der Waals surface area contributed by atoms with Crippen molar-refractivity contribution in [3.63, 3.8) is 0 Å². The molecule has 38 heavy (non-hydrogen) atoms. The van der Waals surface area contributed by atoms with Crippen molar-refractivity contribution >= 4 is 61.5 Å². The molecule has 8 nitrogen and oxygen atoms in total. The first-order valence-electron chi connectivity index (χ1n) is 11.5. The first-order chi connectivity index (χ1) is 18.2. The summed E-state index contributed by atoms with van der Waals surface area (Å²) < 4.78 is 13.1. The number of rotatable bonds is 7. The third-order valence-corrected chi connectivity index (χ3v) is 7.13. The lowest BCUT2D eigenvalue weighted by molar-refractivity contribution is -0.122. The number of ether oxygens (including phenoxy) is 2. The zero-order chi connectivity index (χ0) is 27.4. The average molecular weight is 639 g/mol. The van der Waals surface area contributed by atoms with Crippen LogP contribution in [-0.2, 0) is 16.2 Å². The summed E-state index contributed by atoms with van der Waals surface area (Å²) in [5.74, 6) is -0.762. The predicted octanol–water partition coefficient (Wildman–Crippen LogP) is 6.04. The second-order valence-electron chi connectivity index (χ2n) is 8.21. The first kappa shape index (κ1) is 27.1. The van der Waals surface area contributed by atoms with E-state index in [-0.39, 0.29) is 12.2 Å². The number of nitrogens with zero attached hydrogens (tertiary/aromatic N) is 2. The number of carbonyl (C=O) groups excluding carboxylic acids is 3. The monoisotopic (exact) mass is 637 g/mol. The Kier molecular flexibility index (Phi) is 8.29. The summed E-state index contributed by atoms with van der Waals surface area (Å²) in [6.07, 6.45) is 1.39. The number of halogens is 2. The maximum absolute atomic E-state index is 13.3. The lowest BCUT2D eigenvalue weighted by Crippen LogP contribution is -2.54. The van der Waals surface area contributed by atoms with Gasteiger partial charge in [-0.05, 0) is 83.4 Å². The second kappa shape index (κ2) is 11.6. The van der Waals surface area contributed by atoms with Crippen LogP contribution in [0.2, 0.25) is 0 Å². The molecular weight excluding hydrogens is 618 g/mol. The third-order valence-electron chi connectivity index (χ3n) is 5.65. The van der Waals surface area contributed by atoms with Crippen LogP contribution in [0.5, 0.6) is 11.5 Å². The van der Waals surface area contributed by atoms with E-state index in [1.165, 1.54) is 6.08 Å². The van der Waals surface area contributed by atoms with Crippen molar-refractivity contribution in [1.29, 1.82) is 5.26 Å². The highest BCUT2D eigenvalue weighted by atomic mass is 79.9. The number of urea groups is 1. The van der Waals surface area contributed by atoms with Gasteiger partial charge in [-0.1, -0.05) is 34.1 Å². The van der Waals surface area contributed by atoms with E-state index in [2.05, 4.69) is 43.2 Å². The summed E-state index contributed by atoms with van der Waals surface area (Å²) in [6, 6.07) is 16.8. The molecule has 1 aliphatic heterocycles. The van der Waals surface area contributed by atoms with Crippen LogP contribution in [0.25, 0.3) is 6.08 Å². The van der Waals surface area contributed by atoms with Gasteiger partial charge in [-0.25, -0.2) is 9.69 Å². The van der Waals surface area contributed by atoms with Crippen LogP contribution in [-0.4, -0.2) is 24.5 Å². The van der Waals surface area contributed by atoms with Crippen molar-refractivity contribution in [3.05, 3.63) is 91.4 Å². The average Bonchev–Trinajstić information content (AvgIpc) is 2.88. The maximum Gasteiger partial charge on any atom is 0.335 e. The van der Waals surface area contributed by atoms with Gasteiger partial charge in [0.2, 0.25) is 0 Å². The van der Waals surface area contributed by atoms with Crippen LogP contribution >= 0.6 is 31.9 Å². The number of nitriles is 1. The van der Waals surface area contributed by atoms with Gasteiger partial charge in [0.25, 0.3) is 11.8 Å². The molecule has 0 aliphatic carbocycles. The highest BCUT2D eigenvalue weighted by molar-refractivity contribution is 9.10. The van der Waals surface area contributed by atoms with Crippen LogP contribution in [0, 0.1) is 18.3 Å². The lowest BCUT2D eigenvalue weighted by Gasteiger charge is -2.26. The molecule has 0 saturated carbocycles. The number of benzene rings is 3. The molecule has 0 atom stereocenters. The number of nitrogens with one attached hydrogen (secondary N) is 1. The summed E-state index contributed by atoms with van der Waals surface area (Å²) in [7, 11) is 0. The number of anilines is 1. The minimum absolute atomic E-state index is 0.132. The molecule has 192 valence electrons. The van der Waals surface area contributed by atoms with E-state index in [4.69, 9.17) is 9.47 Å². The molecule has 3 aromatic carbocycles. The molecule has 1 saturated heterocycles. The molecule has 0 unspecified atom stereocenters. The molecular formula is C28H21Br2N3O5. The highest BCUT2D eigenvalue weighted by Crippen LogP contribution is 2.38. The zero-order valence-corrected chi connectivity index (χ0v) is 23.6. The predicted molar refractivity (Wildman–Crippen MR) is 149 cm³/mol. The molecule has 0 spiro atoms. The number of imide groups is 2. The van der Waals surface area contributed by atoms with Gasteiger partial charge < -0.3 is 9.47 Å². The summed E-state index contributed by atoms with van der Waals surface area (Å²) in [5.41, 5.74) is 2.65. The van der Waals surface area contributed by atoms with Crippen LogP contribution in [0.4, 0.5) is 10.5 Å². The number of carbonyl (C=O) groups is 3. The fourth-order valence-electron chi connectivity index (χ4n) is 3.81. The highest BCUT2D eigenvalue weighted by Gasteiger charge is 2.37. The minimum Gasteiger partial charge on any atom is -0.490 e. The Morgan fingerprint density at radius 2 is 1.79 bits per heavy atom. The van der Waals surface area contributed by atoms with Gasteiger partial charge in [0.1, 0.15) is 12.2 Å². The Bertz CT molecular complexity index is 1530. The Morgan fingerprint density at radius 1 is 1.03 bits per heavy atom. The molecule has 0 aromatic heterocycles. The molecule has 10 heteroatoms. The van der Waals surface area contributed by atoms with Crippen molar-refractivity contribution in [3.8, 4) is 17.6 Å². The van der Waals surface area contributed by atoms with Gasteiger partial charge in [-0.15, -0.1) is 0 Å². The Hall–Kier alpha value is -3.94. The van der Waals surface area contributed by atoms with Gasteiger partial charge in [0, 0.05) is 10.0 Å². The van der Waals surface area contributed by atoms with E-state index in [0.717, 1.165) is 14.9 Å². The van der Waals surface area contributed by atoms with Crippen LogP contribution in [0.1, 0.15) is 29.2 Å².